The lowest BCUT2D eigenvalue weighted by Crippen LogP contribution is -2.33. The number of hydrogen-bond acceptors (Lipinski definition) is 4. The van der Waals surface area contributed by atoms with Gasteiger partial charge in [-0.05, 0) is 26.2 Å². The van der Waals surface area contributed by atoms with E-state index in [1.807, 2.05) is 6.92 Å². The zero-order chi connectivity index (χ0) is 14.8. The van der Waals surface area contributed by atoms with Gasteiger partial charge in [0.2, 0.25) is 0 Å². The number of nitrogens with one attached hydrogen (secondary N) is 1. The van der Waals surface area contributed by atoms with Crippen molar-refractivity contribution >= 4 is 25.6 Å². The molecule has 1 unspecified atom stereocenters. The number of rotatable bonds is 5. The molecule has 1 aromatic rings. The quantitative estimate of drug-likeness (QED) is 0.848. The lowest BCUT2D eigenvalue weighted by Gasteiger charge is -2.14. The van der Waals surface area contributed by atoms with E-state index in [9.17, 15) is 13.2 Å². The number of halogens is 1. The predicted octanol–water partition coefficient (Wildman–Crippen LogP) is 2.68. The summed E-state index contributed by atoms with van der Waals surface area (Å²) >= 11 is 0. The molecule has 0 aliphatic rings. The first-order chi connectivity index (χ1) is 8.61. The first-order valence-corrected chi connectivity index (χ1v) is 8.28. The molecule has 1 rings (SSSR count). The smallest absolute Gasteiger partial charge is 0.287 e. The number of carbonyl (C=O) groups is 1. The van der Waals surface area contributed by atoms with Gasteiger partial charge in [0.15, 0.2) is 5.76 Å². The van der Waals surface area contributed by atoms with E-state index in [-0.39, 0.29) is 22.5 Å². The van der Waals surface area contributed by atoms with Crippen LogP contribution in [0.15, 0.2) is 15.4 Å². The Hall–Kier alpha value is -1.01. The highest BCUT2D eigenvalue weighted by Gasteiger charge is 2.22. The molecular weight excluding hydrogens is 290 g/mol. The van der Waals surface area contributed by atoms with Gasteiger partial charge in [0.25, 0.3) is 15.0 Å². The first-order valence-electron chi connectivity index (χ1n) is 5.97. The molecule has 0 bridgehead atoms. The molecule has 5 nitrogen and oxygen atoms in total. The highest BCUT2D eigenvalue weighted by atomic mass is 35.7. The molecule has 0 aliphatic carbocycles. The Kier molecular flexibility index (Phi) is 5.04. The van der Waals surface area contributed by atoms with Crippen molar-refractivity contribution in [1.82, 2.24) is 5.32 Å². The van der Waals surface area contributed by atoms with Gasteiger partial charge in [-0.25, -0.2) is 8.42 Å². The summed E-state index contributed by atoms with van der Waals surface area (Å²) < 4.78 is 27.6. The summed E-state index contributed by atoms with van der Waals surface area (Å²) in [5.41, 5.74) is 0. The van der Waals surface area contributed by atoms with Crippen LogP contribution in [0.3, 0.4) is 0 Å². The molecular formula is C12H18ClNO4S. The number of carbonyl (C=O) groups excluding carboxylic acids is 1. The van der Waals surface area contributed by atoms with Gasteiger partial charge in [0, 0.05) is 22.8 Å². The van der Waals surface area contributed by atoms with E-state index in [1.165, 1.54) is 6.92 Å². The van der Waals surface area contributed by atoms with Crippen LogP contribution < -0.4 is 5.32 Å². The summed E-state index contributed by atoms with van der Waals surface area (Å²) in [6.07, 6.45) is 0.825. The molecule has 0 aromatic carbocycles. The Labute approximate surface area is 117 Å². The minimum absolute atomic E-state index is 0.0195. The molecule has 1 heterocycles. The van der Waals surface area contributed by atoms with E-state index < -0.39 is 15.0 Å². The van der Waals surface area contributed by atoms with Crippen molar-refractivity contribution in [2.24, 2.45) is 5.92 Å². The van der Waals surface area contributed by atoms with Gasteiger partial charge in [-0.1, -0.05) is 13.8 Å². The van der Waals surface area contributed by atoms with Gasteiger partial charge in [-0.3, -0.25) is 4.79 Å². The van der Waals surface area contributed by atoms with E-state index in [0.717, 1.165) is 12.5 Å². The van der Waals surface area contributed by atoms with Gasteiger partial charge in [-0.15, -0.1) is 0 Å². The maximum atomic E-state index is 11.9. The first kappa shape index (κ1) is 16.0. The van der Waals surface area contributed by atoms with Crippen LogP contribution >= 0.6 is 10.7 Å². The van der Waals surface area contributed by atoms with Gasteiger partial charge < -0.3 is 9.73 Å². The molecule has 7 heteroatoms. The Morgan fingerprint density at radius 2 is 2.00 bits per heavy atom. The molecule has 0 fully saturated rings. The standard InChI is InChI=1S/C12H18ClNO4S/c1-7(2)5-8(3)14-12(15)10-6-11(9(4)18-10)19(13,16)17/h6-8H,5H2,1-4H3,(H,14,15). The highest BCUT2D eigenvalue weighted by molar-refractivity contribution is 8.13. The molecule has 0 radical (unpaired) electrons. The molecule has 0 saturated heterocycles. The summed E-state index contributed by atoms with van der Waals surface area (Å²) in [5.74, 6) is 0.0687. The Morgan fingerprint density at radius 3 is 2.42 bits per heavy atom. The Bertz CT molecular complexity index is 562. The lowest BCUT2D eigenvalue weighted by atomic mass is 10.1. The fourth-order valence-electron chi connectivity index (χ4n) is 1.88. The lowest BCUT2D eigenvalue weighted by molar-refractivity contribution is 0.0906. The van der Waals surface area contributed by atoms with Crippen molar-refractivity contribution in [2.75, 3.05) is 0 Å². The second-order valence-corrected chi connectivity index (χ2v) is 7.51. The predicted molar refractivity (Wildman–Crippen MR) is 72.9 cm³/mol. The summed E-state index contributed by atoms with van der Waals surface area (Å²) in [7, 11) is 1.34. The third kappa shape index (κ3) is 4.54. The number of furan rings is 1. The van der Waals surface area contributed by atoms with E-state index in [2.05, 4.69) is 19.2 Å². The monoisotopic (exact) mass is 307 g/mol. The average molecular weight is 308 g/mol. The van der Waals surface area contributed by atoms with Gasteiger partial charge in [-0.2, -0.15) is 0 Å². The van der Waals surface area contributed by atoms with Crippen LogP contribution in [0.4, 0.5) is 0 Å². The molecule has 1 N–H and O–H groups in total. The van der Waals surface area contributed by atoms with Gasteiger partial charge in [0.05, 0.1) is 0 Å². The van der Waals surface area contributed by atoms with E-state index in [4.69, 9.17) is 15.1 Å². The maximum absolute atomic E-state index is 11.9. The van der Waals surface area contributed by atoms with Crippen LogP contribution in [0.5, 0.6) is 0 Å². The average Bonchev–Trinajstić information content (AvgIpc) is 2.58. The van der Waals surface area contributed by atoms with Crippen molar-refractivity contribution < 1.29 is 17.6 Å². The highest BCUT2D eigenvalue weighted by Crippen LogP contribution is 2.23. The van der Waals surface area contributed by atoms with Crippen LogP contribution in [0.1, 0.15) is 43.5 Å². The normalized spacial score (nSPS) is 13.6. The van der Waals surface area contributed by atoms with Crippen LogP contribution in [-0.4, -0.2) is 20.4 Å². The molecule has 1 atom stereocenters. The third-order valence-electron chi connectivity index (χ3n) is 2.56. The Balaban J connectivity index is 2.85. The largest absolute Gasteiger partial charge is 0.455 e. The van der Waals surface area contributed by atoms with Crippen LogP contribution in [0.25, 0.3) is 0 Å². The van der Waals surface area contributed by atoms with Crippen molar-refractivity contribution in [2.45, 2.75) is 45.1 Å². The van der Waals surface area contributed by atoms with Gasteiger partial charge >= 0.3 is 0 Å². The van der Waals surface area contributed by atoms with Crippen molar-refractivity contribution in [1.29, 1.82) is 0 Å². The van der Waals surface area contributed by atoms with Crippen LogP contribution in [0.2, 0.25) is 0 Å². The SMILES string of the molecule is Cc1oc(C(=O)NC(C)CC(C)C)cc1S(=O)(=O)Cl. The maximum Gasteiger partial charge on any atom is 0.287 e. The summed E-state index contributed by atoms with van der Waals surface area (Å²) in [5, 5.41) is 2.75. The van der Waals surface area contributed by atoms with Crippen LogP contribution in [0, 0.1) is 12.8 Å². The summed E-state index contributed by atoms with van der Waals surface area (Å²) in [6.45, 7) is 7.44. The second-order valence-electron chi connectivity index (χ2n) is 4.97. The van der Waals surface area contributed by atoms with Crippen molar-refractivity contribution in [3.05, 3.63) is 17.6 Å². The van der Waals surface area contributed by atoms with Crippen molar-refractivity contribution in [3.8, 4) is 0 Å². The number of aryl methyl sites for hydroxylation is 1. The number of hydrogen-bond donors (Lipinski definition) is 1. The third-order valence-corrected chi connectivity index (χ3v) is 3.99. The molecule has 108 valence electrons. The fourth-order valence-corrected chi connectivity index (χ4v) is 2.97. The minimum atomic E-state index is -3.90. The molecule has 0 aliphatic heterocycles. The minimum Gasteiger partial charge on any atom is -0.455 e. The summed E-state index contributed by atoms with van der Waals surface area (Å²) in [4.78, 5) is 11.7. The van der Waals surface area contributed by atoms with Gasteiger partial charge in [0.1, 0.15) is 10.7 Å². The molecule has 1 amide bonds. The molecule has 19 heavy (non-hydrogen) atoms. The van der Waals surface area contributed by atoms with E-state index >= 15 is 0 Å². The number of amides is 1. The topological polar surface area (TPSA) is 76.4 Å². The van der Waals surface area contributed by atoms with E-state index in [1.54, 1.807) is 0 Å². The fraction of sp³-hybridized carbons (Fsp3) is 0.583. The zero-order valence-electron chi connectivity index (χ0n) is 11.4. The molecule has 1 aromatic heterocycles. The Morgan fingerprint density at radius 1 is 1.42 bits per heavy atom. The second kappa shape index (κ2) is 5.96. The van der Waals surface area contributed by atoms with Crippen molar-refractivity contribution in [3.63, 3.8) is 0 Å². The van der Waals surface area contributed by atoms with E-state index in [0.29, 0.717) is 5.92 Å². The summed E-state index contributed by atoms with van der Waals surface area (Å²) in [6, 6.07) is 1.13. The molecule has 0 saturated carbocycles. The molecule has 0 spiro atoms. The zero-order valence-corrected chi connectivity index (χ0v) is 12.9. The van der Waals surface area contributed by atoms with Crippen LogP contribution in [-0.2, 0) is 9.05 Å².